The van der Waals surface area contributed by atoms with Gasteiger partial charge in [0.1, 0.15) is 10.6 Å². The van der Waals surface area contributed by atoms with Crippen molar-refractivity contribution in [2.45, 2.75) is 11.3 Å². The van der Waals surface area contributed by atoms with Crippen molar-refractivity contribution in [2.75, 3.05) is 44.7 Å². The standard InChI is InChI=1S/C20H22F3N3O4S/c1-24(16-7-3-2-4-8-16)19(27)15-25-11-13-26(14-12-25)31(28,29)18-10-6-5-9-17(18)30-20(21,22)23/h2-10H,11-15H2,1H3. The monoisotopic (exact) mass is 457 g/mol. The van der Waals surface area contributed by atoms with Gasteiger partial charge in [0.2, 0.25) is 15.9 Å². The molecule has 0 unspecified atom stereocenters. The Morgan fingerprint density at radius 3 is 2.19 bits per heavy atom. The molecule has 2 aromatic rings. The predicted octanol–water partition coefficient (Wildman–Crippen LogP) is 2.55. The van der Waals surface area contributed by atoms with Crippen molar-refractivity contribution < 1.29 is 31.1 Å². The summed E-state index contributed by atoms with van der Waals surface area (Å²) in [6, 6.07) is 13.8. The number of rotatable bonds is 6. The van der Waals surface area contributed by atoms with E-state index in [4.69, 9.17) is 0 Å². The van der Waals surface area contributed by atoms with E-state index < -0.39 is 27.0 Å². The maximum atomic E-state index is 12.9. The molecule has 1 fully saturated rings. The number of alkyl halides is 3. The summed E-state index contributed by atoms with van der Waals surface area (Å²) in [4.78, 5) is 15.3. The SMILES string of the molecule is CN(C(=O)CN1CCN(S(=O)(=O)c2ccccc2OC(F)(F)F)CC1)c1ccccc1. The fourth-order valence-corrected chi connectivity index (χ4v) is 4.77. The van der Waals surface area contributed by atoms with E-state index in [0.29, 0.717) is 0 Å². The molecule has 1 heterocycles. The van der Waals surface area contributed by atoms with Crippen LogP contribution in [0.15, 0.2) is 59.5 Å². The van der Waals surface area contributed by atoms with Gasteiger partial charge in [-0.2, -0.15) is 4.31 Å². The third-order valence-electron chi connectivity index (χ3n) is 4.90. The molecular formula is C20H22F3N3O4S. The predicted molar refractivity (Wildman–Crippen MR) is 108 cm³/mol. The van der Waals surface area contributed by atoms with Crippen molar-refractivity contribution in [1.29, 1.82) is 0 Å². The largest absolute Gasteiger partial charge is 0.573 e. The van der Waals surface area contributed by atoms with Gasteiger partial charge in [-0.05, 0) is 24.3 Å². The molecule has 0 atom stereocenters. The van der Waals surface area contributed by atoms with Crippen molar-refractivity contribution in [3.63, 3.8) is 0 Å². The highest BCUT2D eigenvalue weighted by Crippen LogP contribution is 2.31. The lowest BCUT2D eigenvalue weighted by molar-refractivity contribution is -0.275. The van der Waals surface area contributed by atoms with Gasteiger partial charge in [0.25, 0.3) is 0 Å². The highest BCUT2D eigenvalue weighted by atomic mass is 32.2. The number of hydrogen-bond donors (Lipinski definition) is 0. The number of hydrogen-bond acceptors (Lipinski definition) is 5. The molecule has 168 valence electrons. The first kappa shape index (κ1) is 23.0. The smallest absolute Gasteiger partial charge is 0.404 e. The molecule has 2 aromatic carbocycles. The van der Waals surface area contributed by atoms with Crippen LogP contribution in [0.2, 0.25) is 0 Å². The van der Waals surface area contributed by atoms with Gasteiger partial charge in [0.15, 0.2) is 0 Å². The summed E-state index contributed by atoms with van der Waals surface area (Å²) in [6.07, 6.45) is -5.00. The Morgan fingerprint density at radius 1 is 1.00 bits per heavy atom. The summed E-state index contributed by atoms with van der Waals surface area (Å²) in [5.74, 6) is -0.913. The van der Waals surface area contributed by atoms with E-state index in [0.717, 1.165) is 22.1 Å². The van der Waals surface area contributed by atoms with Gasteiger partial charge in [-0.3, -0.25) is 9.69 Å². The Labute approximate surface area is 178 Å². The maximum absolute atomic E-state index is 12.9. The van der Waals surface area contributed by atoms with Crippen LogP contribution < -0.4 is 9.64 Å². The number of halogens is 3. The first-order valence-corrected chi connectivity index (χ1v) is 10.9. The average Bonchev–Trinajstić information content (AvgIpc) is 2.73. The second-order valence-corrected chi connectivity index (χ2v) is 8.87. The molecule has 0 aliphatic carbocycles. The number of piperazine rings is 1. The summed E-state index contributed by atoms with van der Waals surface area (Å²) >= 11 is 0. The lowest BCUT2D eigenvalue weighted by Gasteiger charge is -2.34. The molecule has 1 aliphatic heterocycles. The molecule has 0 N–H and O–H groups in total. The van der Waals surface area contributed by atoms with Crippen molar-refractivity contribution in [3.8, 4) is 5.75 Å². The number of amides is 1. The van der Waals surface area contributed by atoms with Crippen molar-refractivity contribution in [3.05, 3.63) is 54.6 Å². The number of sulfonamides is 1. The number of carbonyl (C=O) groups excluding carboxylic acids is 1. The molecule has 0 spiro atoms. The molecule has 11 heteroatoms. The van der Waals surface area contributed by atoms with Crippen molar-refractivity contribution in [1.82, 2.24) is 9.21 Å². The first-order valence-electron chi connectivity index (χ1n) is 9.47. The zero-order valence-electron chi connectivity index (χ0n) is 16.7. The number of ether oxygens (including phenoxy) is 1. The molecule has 0 saturated carbocycles. The minimum absolute atomic E-state index is 0.0466. The summed E-state index contributed by atoms with van der Waals surface area (Å²) in [6.45, 7) is 0.745. The molecule has 0 aromatic heterocycles. The zero-order chi connectivity index (χ0) is 22.6. The number of likely N-dealkylation sites (N-methyl/N-ethyl adjacent to an activating group) is 1. The minimum atomic E-state index is -5.00. The van der Waals surface area contributed by atoms with E-state index in [1.165, 1.54) is 17.0 Å². The first-order chi connectivity index (χ1) is 14.6. The number of benzene rings is 2. The Bertz CT molecular complexity index is 1010. The zero-order valence-corrected chi connectivity index (χ0v) is 17.6. The van der Waals surface area contributed by atoms with Crippen LogP contribution in [0.5, 0.6) is 5.75 Å². The molecule has 7 nitrogen and oxygen atoms in total. The van der Waals surface area contributed by atoms with Crippen LogP contribution in [-0.2, 0) is 14.8 Å². The van der Waals surface area contributed by atoms with E-state index in [-0.39, 0.29) is 38.6 Å². The van der Waals surface area contributed by atoms with E-state index in [9.17, 15) is 26.4 Å². The van der Waals surface area contributed by atoms with Crippen LogP contribution in [0.4, 0.5) is 18.9 Å². The van der Waals surface area contributed by atoms with E-state index >= 15 is 0 Å². The normalized spacial score (nSPS) is 16.1. The Hall–Kier alpha value is -2.63. The highest BCUT2D eigenvalue weighted by Gasteiger charge is 2.36. The Kier molecular flexibility index (Phi) is 6.87. The average molecular weight is 457 g/mol. The molecule has 0 radical (unpaired) electrons. The molecule has 0 bridgehead atoms. The molecular weight excluding hydrogens is 435 g/mol. The van der Waals surface area contributed by atoms with Gasteiger partial charge >= 0.3 is 6.36 Å². The van der Waals surface area contributed by atoms with Crippen molar-refractivity contribution >= 4 is 21.6 Å². The lowest BCUT2D eigenvalue weighted by atomic mass is 10.3. The number of para-hydroxylation sites is 2. The van der Waals surface area contributed by atoms with Crippen LogP contribution in [0.25, 0.3) is 0 Å². The Morgan fingerprint density at radius 2 is 1.58 bits per heavy atom. The fraction of sp³-hybridized carbons (Fsp3) is 0.350. The molecule has 1 saturated heterocycles. The second-order valence-electron chi connectivity index (χ2n) is 6.96. The second kappa shape index (κ2) is 9.25. The van der Waals surface area contributed by atoms with E-state index in [2.05, 4.69) is 4.74 Å². The van der Waals surface area contributed by atoms with Crippen LogP contribution in [0.1, 0.15) is 0 Å². The Balaban J connectivity index is 1.64. The van der Waals surface area contributed by atoms with Gasteiger partial charge < -0.3 is 9.64 Å². The molecule has 31 heavy (non-hydrogen) atoms. The van der Waals surface area contributed by atoms with Crippen molar-refractivity contribution in [2.24, 2.45) is 0 Å². The molecule has 1 aliphatic rings. The van der Waals surface area contributed by atoms with Crippen LogP contribution >= 0.6 is 0 Å². The topological polar surface area (TPSA) is 70.2 Å². The number of nitrogens with zero attached hydrogens (tertiary/aromatic N) is 3. The van der Waals surface area contributed by atoms with Gasteiger partial charge in [-0.25, -0.2) is 8.42 Å². The van der Waals surface area contributed by atoms with Gasteiger partial charge in [0.05, 0.1) is 6.54 Å². The maximum Gasteiger partial charge on any atom is 0.573 e. The number of anilines is 1. The summed E-state index contributed by atoms with van der Waals surface area (Å²) in [7, 11) is -2.53. The fourth-order valence-electron chi connectivity index (χ4n) is 3.23. The van der Waals surface area contributed by atoms with E-state index in [1.54, 1.807) is 7.05 Å². The third kappa shape index (κ3) is 5.75. The number of carbonyl (C=O) groups is 1. The highest BCUT2D eigenvalue weighted by molar-refractivity contribution is 7.89. The van der Waals surface area contributed by atoms with Crippen LogP contribution in [0.3, 0.4) is 0 Å². The molecule has 3 rings (SSSR count). The minimum Gasteiger partial charge on any atom is -0.404 e. The molecule has 1 amide bonds. The summed E-state index contributed by atoms with van der Waals surface area (Å²) < 4.78 is 68.7. The summed E-state index contributed by atoms with van der Waals surface area (Å²) in [5.41, 5.74) is 0.745. The van der Waals surface area contributed by atoms with E-state index in [1.807, 2.05) is 35.2 Å². The van der Waals surface area contributed by atoms with Gasteiger partial charge in [-0.1, -0.05) is 30.3 Å². The quantitative estimate of drug-likeness (QED) is 0.667. The van der Waals surface area contributed by atoms with Gasteiger partial charge in [0, 0.05) is 38.9 Å². The van der Waals surface area contributed by atoms with Crippen LogP contribution in [0, 0.1) is 0 Å². The van der Waals surface area contributed by atoms with Gasteiger partial charge in [-0.15, -0.1) is 13.2 Å². The lowest BCUT2D eigenvalue weighted by Crippen LogP contribution is -2.51. The van der Waals surface area contributed by atoms with Crippen LogP contribution in [-0.4, -0.2) is 69.7 Å². The summed E-state index contributed by atoms with van der Waals surface area (Å²) in [5, 5.41) is 0. The third-order valence-corrected chi connectivity index (χ3v) is 6.84.